The summed E-state index contributed by atoms with van der Waals surface area (Å²) in [5.41, 5.74) is 4.77. The lowest BCUT2D eigenvalue weighted by atomic mass is 9.82. The Morgan fingerprint density at radius 3 is 2.33 bits per heavy atom. The number of hydrogen-bond acceptors (Lipinski definition) is 3. The number of aryl methyl sites for hydroxylation is 1. The molecule has 0 bridgehead atoms. The van der Waals surface area contributed by atoms with E-state index in [0.29, 0.717) is 5.71 Å². The Balaban J connectivity index is 0.00000222. The second kappa shape index (κ2) is 13.4. The molecule has 0 fully saturated rings. The molecule has 0 unspecified atom stereocenters. The number of oxime groups is 1. The molecule has 5 heteroatoms. The summed E-state index contributed by atoms with van der Waals surface area (Å²) < 4.78 is 14.3. The molecule has 2 N–H and O–H groups in total. The Kier molecular flexibility index (Phi) is 10.6. The van der Waals surface area contributed by atoms with Crippen molar-refractivity contribution in [3.05, 3.63) is 106 Å². The lowest BCUT2D eigenvalue weighted by Crippen LogP contribution is -2.10. The van der Waals surface area contributed by atoms with E-state index in [2.05, 4.69) is 56.3 Å². The van der Waals surface area contributed by atoms with Crippen molar-refractivity contribution in [2.75, 3.05) is 0 Å². The van der Waals surface area contributed by atoms with Crippen LogP contribution in [-0.4, -0.2) is 22.0 Å². The average molecular weight is 490 g/mol. The molecule has 0 saturated heterocycles. The van der Waals surface area contributed by atoms with Gasteiger partial charge in [0.25, 0.3) is 0 Å². The van der Waals surface area contributed by atoms with Crippen LogP contribution in [0.5, 0.6) is 0 Å². The zero-order chi connectivity index (χ0) is 26.7. The number of allylic oxidation sites excluding steroid dienone is 7. The molecule has 0 atom stereocenters. The predicted octanol–water partition coefficient (Wildman–Crippen LogP) is 8.48. The van der Waals surface area contributed by atoms with E-state index in [-0.39, 0.29) is 16.5 Å². The standard InChI is InChI=1S/C29H30FNO3.C2H6/c1-20-7-9-22(10-8-20)21-5-4-6-24(16-18-29(2,3)17-15-21)27(31-34)14-13-23-11-12-25(28(32)33)19-26(23)30;1-2/h4,6-16,19,34H,5,17-18H2,1-3H3,(H,32,33);1-2H3/b6-4-,14-13+,21-15+,24-16+,31-27+;. The van der Waals surface area contributed by atoms with Gasteiger partial charge in [-0.05, 0) is 72.6 Å². The van der Waals surface area contributed by atoms with Crippen LogP contribution < -0.4 is 0 Å². The first-order valence-electron chi connectivity index (χ1n) is 12.2. The molecular formula is C31H36FNO3. The molecule has 2 aromatic rings. The van der Waals surface area contributed by atoms with Crippen LogP contribution in [0.25, 0.3) is 11.6 Å². The van der Waals surface area contributed by atoms with Gasteiger partial charge in [-0.25, -0.2) is 9.18 Å². The Morgan fingerprint density at radius 2 is 1.72 bits per heavy atom. The summed E-state index contributed by atoms with van der Waals surface area (Å²) in [6.45, 7) is 10.5. The van der Waals surface area contributed by atoms with Gasteiger partial charge in [0.1, 0.15) is 11.5 Å². The lowest BCUT2D eigenvalue weighted by molar-refractivity contribution is 0.0696. The van der Waals surface area contributed by atoms with Gasteiger partial charge in [-0.3, -0.25) is 0 Å². The fraction of sp³-hybridized carbons (Fsp3) is 0.290. The van der Waals surface area contributed by atoms with Crippen LogP contribution in [0.15, 0.2) is 83.6 Å². The zero-order valence-corrected chi connectivity index (χ0v) is 21.8. The van der Waals surface area contributed by atoms with Gasteiger partial charge in [0.15, 0.2) is 0 Å². The first-order valence-corrected chi connectivity index (χ1v) is 12.2. The third-order valence-electron chi connectivity index (χ3n) is 5.90. The molecule has 0 amide bonds. The number of carboxylic acids is 1. The molecule has 0 radical (unpaired) electrons. The van der Waals surface area contributed by atoms with Crippen LogP contribution in [0.2, 0.25) is 0 Å². The van der Waals surface area contributed by atoms with Gasteiger partial charge in [-0.2, -0.15) is 0 Å². The van der Waals surface area contributed by atoms with E-state index in [0.717, 1.165) is 30.9 Å². The van der Waals surface area contributed by atoms with E-state index in [9.17, 15) is 14.4 Å². The van der Waals surface area contributed by atoms with Crippen molar-refractivity contribution >= 4 is 23.3 Å². The SMILES string of the molecule is CC.Cc1ccc(/C2=C/CC(C)(C)C/C=C(C(/C=C/c3ccc(C(=O)O)cc3F)=N/O)\C=C/C2)cc1. The first-order chi connectivity index (χ1) is 17.2. The van der Waals surface area contributed by atoms with Crippen molar-refractivity contribution in [2.24, 2.45) is 10.6 Å². The molecule has 4 nitrogen and oxygen atoms in total. The van der Waals surface area contributed by atoms with Gasteiger partial charge in [0.2, 0.25) is 0 Å². The van der Waals surface area contributed by atoms with Gasteiger partial charge in [-0.1, -0.05) is 93.1 Å². The maximum Gasteiger partial charge on any atom is 0.335 e. The molecule has 0 saturated carbocycles. The highest BCUT2D eigenvalue weighted by Gasteiger charge is 2.17. The smallest absolute Gasteiger partial charge is 0.335 e. The zero-order valence-electron chi connectivity index (χ0n) is 21.8. The minimum absolute atomic E-state index is 0.00454. The fourth-order valence-electron chi connectivity index (χ4n) is 3.68. The van der Waals surface area contributed by atoms with Crippen molar-refractivity contribution in [2.45, 2.75) is 53.9 Å². The molecule has 190 valence electrons. The van der Waals surface area contributed by atoms with Crippen LogP contribution in [0.1, 0.15) is 74.0 Å². The van der Waals surface area contributed by atoms with Gasteiger partial charge < -0.3 is 10.3 Å². The highest BCUT2D eigenvalue weighted by molar-refractivity contribution is 6.12. The number of halogens is 1. The summed E-state index contributed by atoms with van der Waals surface area (Å²) in [5, 5.41) is 22.1. The number of rotatable bonds is 5. The number of hydrogen-bond donors (Lipinski definition) is 2. The molecular weight excluding hydrogens is 453 g/mol. The number of nitrogens with zero attached hydrogens (tertiary/aromatic N) is 1. The van der Waals surface area contributed by atoms with E-state index < -0.39 is 11.8 Å². The van der Waals surface area contributed by atoms with Crippen molar-refractivity contribution in [1.29, 1.82) is 0 Å². The van der Waals surface area contributed by atoms with Gasteiger partial charge in [-0.15, -0.1) is 0 Å². The second-order valence-electron chi connectivity index (χ2n) is 9.29. The van der Waals surface area contributed by atoms with Gasteiger partial charge in [0, 0.05) is 5.56 Å². The summed E-state index contributed by atoms with van der Waals surface area (Å²) >= 11 is 0. The summed E-state index contributed by atoms with van der Waals surface area (Å²) in [7, 11) is 0. The Morgan fingerprint density at radius 1 is 1.06 bits per heavy atom. The van der Waals surface area contributed by atoms with Crippen molar-refractivity contribution < 1.29 is 19.5 Å². The van der Waals surface area contributed by atoms with Crippen molar-refractivity contribution in [1.82, 2.24) is 0 Å². The Labute approximate surface area is 213 Å². The van der Waals surface area contributed by atoms with Crippen LogP contribution in [0.3, 0.4) is 0 Å². The summed E-state index contributed by atoms with van der Waals surface area (Å²) in [6.07, 6.45) is 13.7. The van der Waals surface area contributed by atoms with Gasteiger partial charge >= 0.3 is 5.97 Å². The van der Waals surface area contributed by atoms with Crippen molar-refractivity contribution in [3.8, 4) is 0 Å². The second-order valence-corrected chi connectivity index (χ2v) is 9.29. The largest absolute Gasteiger partial charge is 0.478 e. The highest BCUT2D eigenvalue weighted by Crippen LogP contribution is 2.31. The molecule has 36 heavy (non-hydrogen) atoms. The fourth-order valence-corrected chi connectivity index (χ4v) is 3.68. The maximum absolute atomic E-state index is 14.3. The van der Waals surface area contributed by atoms with Crippen LogP contribution >= 0.6 is 0 Å². The molecule has 2 aromatic carbocycles. The summed E-state index contributed by atoms with van der Waals surface area (Å²) in [6, 6.07) is 12.2. The Hall–Kier alpha value is -3.73. The molecule has 3 rings (SSSR count). The minimum Gasteiger partial charge on any atom is -0.478 e. The molecule has 1 aliphatic rings. The van der Waals surface area contributed by atoms with E-state index in [1.807, 2.05) is 32.1 Å². The third kappa shape index (κ3) is 8.19. The number of carboxylic acid groups (broad SMARTS) is 1. The first kappa shape index (κ1) is 28.5. The minimum atomic E-state index is -1.19. The maximum atomic E-state index is 14.3. The molecule has 1 aliphatic carbocycles. The number of aromatic carboxylic acids is 1. The molecule has 0 aliphatic heterocycles. The van der Waals surface area contributed by atoms with E-state index >= 15 is 0 Å². The predicted molar refractivity (Wildman–Crippen MR) is 147 cm³/mol. The number of carbonyl (C=O) groups is 1. The Bertz CT molecular complexity index is 1200. The normalized spacial score (nSPS) is 19.8. The van der Waals surface area contributed by atoms with Crippen LogP contribution in [0.4, 0.5) is 4.39 Å². The molecule has 0 heterocycles. The number of benzene rings is 2. The van der Waals surface area contributed by atoms with E-state index in [4.69, 9.17) is 5.11 Å². The lowest BCUT2D eigenvalue weighted by Gasteiger charge is -2.23. The summed E-state index contributed by atoms with van der Waals surface area (Å²) in [4.78, 5) is 11.0. The van der Waals surface area contributed by atoms with E-state index in [1.54, 1.807) is 0 Å². The molecule has 0 spiro atoms. The van der Waals surface area contributed by atoms with Crippen molar-refractivity contribution in [3.63, 3.8) is 0 Å². The third-order valence-corrected chi connectivity index (χ3v) is 5.90. The van der Waals surface area contributed by atoms with Gasteiger partial charge in [0.05, 0.1) is 5.56 Å². The quantitative estimate of drug-likeness (QED) is 0.251. The monoisotopic (exact) mass is 489 g/mol. The highest BCUT2D eigenvalue weighted by atomic mass is 19.1. The topological polar surface area (TPSA) is 69.9 Å². The summed E-state index contributed by atoms with van der Waals surface area (Å²) in [5.74, 6) is -1.84. The average Bonchev–Trinajstić information content (AvgIpc) is 2.86. The molecule has 0 aromatic heterocycles. The van der Waals surface area contributed by atoms with Crippen LogP contribution in [0, 0.1) is 18.2 Å². The van der Waals surface area contributed by atoms with Crippen LogP contribution in [-0.2, 0) is 0 Å². The van der Waals surface area contributed by atoms with E-state index in [1.165, 1.54) is 41.0 Å².